The second-order valence-corrected chi connectivity index (χ2v) is 8.45. The Morgan fingerprint density at radius 3 is 2.18 bits per heavy atom. The molecule has 3 aromatic rings. The number of thiocarbonyl (C=S) groups is 1. The lowest BCUT2D eigenvalue weighted by molar-refractivity contribution is 0.0922. The van der Waals surface area contributed by atoms with E-state index < -0.39 is 17.7 Å². The molecule has 4 rings (SSSR count). The molecule has 1 aliphatic rings. The van der Waals surface area contributed by atoms with Gasteiger partial charge in [-0.1, -0.05) is 28.1 Å². The molecule has 3 aromatic carbocycles. The third kappa shape index (κ3) is 4.37. The SMILES string of the molecule is COc1ccc(Br)cc1C(=O)NC(=S)Nc1ccc(N2C(=O)c3ccccc3C2=O)c(OC)c1. The number of imide groups is 1. The number of carbonyl (C=O) groups excluding carboxylic acids is 3. The fourth-order valence-electron chi connectivity index (χ4n) is 3.54. The summed E-state index contributed by atoms with van der Waals surface area (Å²) in [5.74, 6) is -0.626. The van der Waals surface area contributed by atoms with Crippen molar-refractivity contribution < 1.29 is 23.9 Å². The number of hydrogen-bond acceptors (Lipinski definition) is 6. The minimum atomic E-state index is -0.453. The average molecular weight is 540 g/mol. The maximum absolute atomic E-state index is 12.8. The molecule has 0 bridgehead atoms. The number of rotatable bonds is 5. The van der Waals surface area contributed by atoms with Gasteiger partial charge in [0.2, 0.25) is 0 Å². The van der Waals surface area contributed by atoms with Crippen molar-refractivity contribution in [2.75, 3.05) is 24.4 Å². The molecule has 0 atom stereocenters. The molecule has 0 fully saturated rings. The van der Waals surface area contributed by atoms with Gasteiger partial charge < -0.3 is 14.8 Å². The summed E-state index contributed by atoms with van der Waals surface area (Å²) in [6, 6.07) is 16.5. The van der Waals surface area contributed by atoms with Gasteiger partial charge in [0, 0.05) is 16.2 Å². The third-order valence-corrected chi connectivity index (χ3v) is 5.80. The summed E-state index contributed by atoms with van der Waals surface area (Å²) in [4.78, 5) is 39.4. The minimum Gasteiger partial charge on any atom is -0.496 e. The fraction of sp³-hybridized carbons (Fsp3) is 0.0833. The minimum absolute atomic E-state index is 0.0440. The van der Waals surface area contributed by atoms with Crippen LogP contribution in [0.2, 0.25) is 0 Å². The zero-order valence-electron chi connectivity index (χ0n) is 18.0. The van der Waals surface area contributed by atoms with Crippen LogP contribution in [-0.4, -0.2) is 37.1 Å². The largest absolute Gasteiger partial charge is 0.496 e. The number of carbonyl (C=O) groups is 3. The van der Waals surface area contributed by atoms with Gasteiger partial charge >= 0.3 is 0 Å². The number of anilines is 2. The van der Waals surface area contributed by atoms with Crippen molar-refractivity contribution in [3.8, 4) is 11.5 Å². The van der Waals surface area contributed by atoms with E-state index in [9.17, 15) is 14.4 Å². The van der Waals surface area contributed by atoms with Crippen molar-refractivity contribution in [3.63, 3.8) is 0 Å². The Morgan fingerprint density at radius 1 is 0.912 bits per heavy atom. The molecule has 0 saturated carbocycles. The summed E-state index contributed by atoms with van der Waals surface area (Å²) in [7, 11) is 2.90. The third-order valence-electron chi connectivity index (χ3n) is 5.11. The molecule has 8 nitrogen and oxygen atoms in total. The lowest BCUT2D eigenvalue weighted by Crippen LogP contribution is -2.34. The van der Waals surface area contributed by atoms with Crippen LogP contribution in [0.25, 0.3) is 0 Å². The molecule has 10 heteroatoms. The van der Waals surface area contributed by atoms with E-state index in [0.717, 1.165) is 4.90 Å². The molecular weight excluding hydrogens is 522 g/mol. The Labute approximate surface area is 209 Å². The van der Waals surface area contributed by atoms with E-state index in [1.165, 1.54) is 14.2 Å². The lowest BCUT2D eigenvalue weighted by Gasteiger charge is -2.19. The highest BCUT2D eigenvalue weighted by Crippen LogP contribution is 2.36. The Morgan fingerprint density at radius 2 is 1.56 bits per heavy atom. The smallest absolute Gasteiger partial charge is 0.266 e. The monoisotopic (exact) mass is 539 g/mol. The van der Waals surface area contributed by atoms with E-state index >= 15 is 0 Å². The molecule has 1 heterocycles. The standard InChI is InChI=1S/C24H18BrN3O5S/c1-32-19-10-7-13(25)11-17(19)21(29)27-24(34)26-14-8-9-18(20(12-14)33-2)28-22(30)15-5-3-4-6-16(15)23(28)31/h3-12H,1-2H3,(H2,26,27,29,34). The van der Waals surface area contributed by atoms with Gasteiger partial charge in [0.25, 0.3) is 17.7 Å². The molecule has 0 aromatic heterocycles. The van der Waals surface area contributed by atoms with Crippen molar-refractivity contribution in [1.29, 1.82) is 0 Å². The number of ether oxygens (including phenoxy) is 2. The highest BCUT2D eigenvalue weighted by molar-refractivity contribution is 9.10. The summed E-state index contributed by atoms with van der Waals surface area (Å²) < 4.78 is 11.4. The Bertz CT molecular complexity index is 1310. The van der Waals surface area contributed by atoms with E-state index in [0.29, 0.717) is 38.3 Å². The number of nitrogens with one attached hydrogen (secondary N) is 2. The van der Waals surface area contributed by atoms with Gasteiger partial charge in [-0.25, -0.2) is 4.90 Å². The van der Waals surface area contributed by atoms with Crippen LogP contribution >= 0.6 is 28.1 Å². The first-order valence-corrected chi connectivity index (χ1v) is 11.2. The zero-order valence-corrected chi connectivity index (χ0v) is 20.5. The van der Waals surface area contributed by atoms with Crippen molar-refractivity contribution in [2.45, 2.75) is 0 Å². The highest BCUT2D eigenvalue weighted by Gasteiger charge is 2.37. The molecule has 0 radical (unpaired) electrons. The summed E-state index contributed by atoms with van der Waals surface area (Å²) >= 11 is 8.61. The first kappa shape index (κ1) is 23.4. The molecule has 3 amide bonds. The molecule has 1 aliphatic heterocycles. The first-order valence-electron chi connectivity index (χ1n) is 9.95. The van der Waals surface area contributed by atoms with Crippen LogP contribution in [0.5, 0.6) is 11.5 Å². The Hall–Kier alpha value is -3.76. The molecule has 0 saturated heterocycles. The van der Waals surface area contributed by atoms with Gasteiger partial charge in [0.05, 0.1) is 36.6 Å². The zero-order chi connectivity index (χ0) is 24.4. The molecule has 2 N–H and O–H groups in total. The predicted molar refractivity (Wildman–Crippen MR) is 135 cm³/mol. The molecule has 34 heavy (non-hydrogen) atoms. The van der Waals surface area contributed by atoms with Crippen molar-refractivity contribution >= 4 is 62.4 Å². The Kier molecular flexibility index (Phi) is 6.62. The number of nitrogens with zero attached hydrogens (tertiary/aromatic N) is 1. The molecule has 0 spiro atoms. The molecular formula is C24H18BrN3O5S. The van der Waals surface area contributed by atoms with E-state index in [4.69, 9.17) is 21.7 Å². The number of benzene rings is 3. The van der Waals surface area contributed by atoms with Crippen LogP contribution in [0.1, 0.15) is 31.1 Å². The van der Waals surface area contributed by atoms with Crippen molar-refractivity contribution in [1.82, 2.24) is 5.32 Å². The maximum Gasteiger partial charge on any atom is 0.266 e. The topological polar surface area (TPSA) is 97.0 Å². The number of hydrogen-bond donors (Lipinski definition) is 2. The number of methoxy groups -OCH3 is 2. The van der Waals surface area contributed by atoms with Crippen LogP contribution < -0.4 is 25.0 Å². The van der Waals surface area contributed by atoms with Crippen LogP contribution in [-0.2, 0) is 0 Å². The second-order valence-electron chi connectivity index (χ2n) is 7.13. The van der Waals surface area contributed by atoms with E-state index in [1.54, 1.807) is 60.7 Å². The summed E-state index contributed by atoms with van der Waals surface area (Å²) in [5.41, 5.74) is 1.77. The quantitative estimate of drug-likeness (QED) is 0.366. The van der Waals surface area contributed by atoms with E-state index in [1.807, 2.05) is 0 Å². The first-order chi connectivity index (χ1) is 16.3. The number of fused-ring (bicyclic) bond motifs is 1. The van der Waals surface area contributed by atoms with Gasteiger partial charge in [-0.05, 0) is 54.7 Å². The van der Waals surface area contributed by atoms with Gasteiger partial charge in [-0.3, -0.25) is 19.7 Å². The number of amides is 3. The van der Waals surface area contributed by atoms with Gasteiger partial charge in [0.15, 0.2) is 5.11 Å². The van der Waals surface area contributed by atoms with Gasteiger partial charge in [0.1, 0.15) is 11.5 Å². The van der Waals surface area contributed by atoms with E-state index in [-0.39, 0.29) is 10.9 Å². The Balaban J connectivity index is 1.52. The van der Waals surface area contributed by atoms with Crippen LogP contribution in [0.15, 0.2) is 65.1 Å². The number of halogens is 1. The van der Waals surface area contributed by atoms with Gasteiger partial charge in [-0.15, -0.1) is 0 Å². The van der Waals surface area contributed by atoms with Crippen molar-refractivity contribution in [2.24, 2.45) is 0 Å². The molecule has 0 unspecified atom stereocenters. The fourth-order valence-corrected chi connectivity index (χ4v) is 4.11. The van der Waals surface area contributed by atoms with Crippen LogP contribution in [0.3, 0.4) is 0 Å². The lowest BCUT2D eigenvalue weighted by atomic mass is 10.1. The van der Waals surface area contributed by atoms with Crippen LogP contribution in [0.4, 0.5) is 11.4 Å². The summed E-state index contributed by atoms with van der Waals surface area (Å²) in [6.45, 7) is 0. The van der Waals surface area contributed by atoms with Crippen LogP contribution in [0, 0.1) is 0 Å². The van der Waals surface area contributed by atoms with Crippen molar-refractivity contribution in [3.05, 3.63) is 81.8 Å². The average Bonchev–Trinajstić information content (AvgIpc) is 3.09. The normalized spacial score (nSPS) is 12.3. The molecule has 0 aliphatic carbocycles. The van der Waals surface area contributed by atoms with Gasteiger partial charge in [-0.2, -0.15) is 0 Å². The summed E-state index contributed by atoms with van der Waals surface area (Å²) in [5, 5.41) is 5.55. The highest BCUT2D eigenvalue weighted by atomic mass is 79.9. The van der Waals surface area contributed by atoms with E-state index in [2.05, 4.69) is 26.6 Å². The predicted octanol–water partition coefficient (Wildman–Crippen LogP) is 4.39. The second kappa shape index (κ2) is 9.62. The molecule has 172 valence electrons. The summed E-state index contributed by atoms with van der Waals surface area (Å²) in [6.07, 6.45) is 0. The maximum atomic E-state index is 12.8.